The van der Waals surface area contributed by atoms with E-state index in [4.69, 9.17) is 0 Å². The lowest BCUT2D eigenvalue weighted by molar-refractivity contribution is 0.590. The highest BCUT2D eigenvalue weighted by molar-refractivity contribution is 5.37. The van der Waals surface area contributed by atoms with Crippen LogP contribution in [-0.2, 0) is 5.41 Å². The Hall–Kier alpha value is -2.21. The molecule has 2 aromatic rings. The van der Waals surface area contributed by atoms with Crippen molar-refractivity contribution in [3.8, 4) is 6.07 Å². The number of nitriles is 1. The topological polar surface area (TPSA) is 49.6 Å². The molecule has 0 aliphatic heterocycles. The molecule has 0 saturated carbocycles. The summed E-state index contributed by atoms with van der Waals surface area (Å²) in [5, 5.41) is 9.35. The van der Waals surface area contributed by atoms with Crippen molar-refractivity contribution in [3.63, 3.8) is 0 Å². The monoisotopic (exact) mass is 251 g/mol. The van der Waals surface area contributed by atoms with Gasteiger partial charge in [-0.05, 0) is 22.6 Å². The molecule has 1 aromatic heterocycles. The highest BCUT2D eigenvalue weighted by Crippen LogP contribution is 2.26. The Balaban J connectivity index is 2.34. The number of hydrogen-bond acceptors (Lipinski definition) is 3. The summed E-state index contributed by atoms with van der Waals surface area (Å²) in [6.45, 7) is 6.52. The maximum atomic E-state index is 9.35. The Labute approximate surface area is 114 Å². The summed E-state index contributed by atoms with van der Waals surface area (Å²) in [5.41, 5.74) is 3.08. The predicted molar refractivity (Wildman–Crippen MR) is 74.6 cm³/mol. The Kier molecular flexibility index (Phi) is 3.62. The minimum absolute atomic E-state index is 0.121. The van der Waals surface area contributed by atoms with Gasteiger partial charge in [-0.3, -0.25) is 0 Å². The van der Waals surface area contributed by atoms with Crippen LogP contribution in [0.15, 0.2) is 42.9 Å². The summed E-state index contributed by atoms with van der Waals surface area (Å²) >= 11 is 0. The molecule has 0 radical (unpaired) electrons. The summed E-state index contributed by atoms with van der Waals surface area (Å²) in [7, 11) is 0. The largest absolute Gasteiger partial charge is 0.245 e. The van der Waals surface area contributed by atoms with Crippen LogP contribution < -0.4 is 0 Å². The van der Waals surface area contributed by atoms with Crippen LogP contribution in [0.4, 0.5) is 0 Å². The maximum absolute atomic E-state index is 9.35. The van der Waals surface area contributed by atoms with E-state index in [9.17, 15) is 5.26 Å². The van der Waals surface area contributed by atoms with Crippen LogP contribution in [0.3, 0.4) is 0 Å². The number of aromatic nitrogens is 2. The van der Waals surface area contributed by atoms with Gasteiger partial charge in [0.25, 0.3) is 0 Å². The Morgan fingerprint density at radius 2 is 1.79 bits per heavy atom. The molecule has 1 aromatic carbocycles. The lowest BCUT2D eigenvalue weighted by atomic mass is 9.85. The number of hydrogen-bond donors (Lipinski definition) is 0. The molecular formula is C16H17N3. The third kappa shape index (κ3) is 2.97. The van der Waals surface area contributed by atoms with E-state index in [0.29, 0.717) is 0 Å². The SMILES string of the molecule is CC(C)(C)c1ccc(C(C#N)c2ccncn2)cc1. The van der Waals surface area contributed by atoms with E-state index in [2.05, 4.69) is 48.9 Å². The molecular weight excluding hydrogens is 234 g/mol. The van der Waals surface area contributed by atoms with Crippen molar-refractivity contribution in [2.45, 2.75) is 32.1 Å². The first-order valence-corrected chi connectivity index (χ1v) is 6.28. The zero-order valence-corrected chi connectivity index (χ0v) is 11.5. The van der Waals surface area contributed by atoms with Gasteiger partial charge in [-0.15, -0.1) is 0 Å². The van der Waals surface area contributed by atoms with E-state index >= 15 is 0 Å². The summed E-state index contributed by atoms with van der Waals surface area (Å²) in [6, 6.07) is 12.3. The fourth-order valence-corrected chi connectivity index (χ4v) is 1.96. The van der Waals surface area contributed by atoms with Gasteiger partial charge < -0.3 is 0 Å². The van der Waals surface area contributed by atoms with Gasteiger partial charge in [-0.25, -0.2) is 9.97 Å². The number of benzene rings is 1. The van der Waals surface area contributed by atoms with Gasteiger partial charge >= 0.3 is 0 Å². The third-order valence-corrected chi connectivity index (χ3v) is 3.14. The first-order valence-electron chi connectivity index (χ1n) is 6.28. The number of rotatable bonds is 2. The van der Waals surface area contributed by atoms with Gasteiger partial charge in [0.05, 0.1) is 11.8 Å². The third-order valence-electron chi connectivity index (χ3n) is 3.14. The first kappa shape index (κ1) is 13.2. The molecule has 1 unspecified atom stereocenters. The van der Waals surface area contributed by atoms with Crippen molar-refractivity contribution in [3.05, 3.63) is 59.7 Å². The molecule has 0 saturated heterocycles. The van der Waals surface area contributed by atoms with E-state index < -0.39 is 0 Å². The summed E-state index contributed by atoms with van der Waals surface area (Å²) < 4.78 is 0. The summed E-state index contributed by atoms with van der Waals surface area (Å²) in [4.78, 5) is 8.05. The van der Waals surface area contributed by atoms with Crippen molar-refractivity contribution in [1.82, 2.24) is 9.97 Å². The van der Waals surface area contributed by atoms with Gasteiger partial charge in [-0.2, -0.15) is 5.26 Å². The first-order chi connectivity index (χ1) is 9.02. The fourth-order valence-electron chi connectivity index (χ4n) is 1.96. The molecule has 1 heterocycles. The summed E-state index contributed by atoms with van der Waals surface area (Å²) in [5.74, 6) is -0.336. The Bertz CT molecular complexity index is 574. The Morgan fingerprint density at radius 3 is 2.26 bits per heavy atom. The molecule has 0 bridgehead atoms. The highest BCUT2D eigenvalue weighted by Gasteiger charge is 2.17. The average molecular weight is 251 g/mol. The molecule has 0 N–H and O–H groups in total. The van der Waals surface area contributed by atoms with Crippen LogP contribution in [0.25, 0.3) is 0 Å². The van der Waals surface area contributed by atoms with Crippen molar-refractivity contribution < 1.29 is 0 Å². The van der Waals surface area contributed by atoms with Crippen LogP contribution in [-0.4, -0.2) is 9.97 Å². The highest BCUT2D eigenvalue weighted by atomic mass is 14.8. The normalized spacial score (nSPS) is 12.7. The fraction of sp³-hybridized carbons (Fsp3) is 0.312. The molecule has 3 heteroatoms. The molecule has 0 fully saturated rings. The summed E-state index contributed by atoms with van der Waals surface area (Å²) in [6.07, 6.45) is 3.14. The number of nitrogens with zero attached hydrogens (tertiary/aromatic N) is 3. The van der Waals surface area contributed by atoms with E-state index in [0.717, 1.165) is 11.3 Å². The minimum Gasteiger partial charge on any atom is -0.245 e. The predicted octanol–water partition coefficient (Wildman–Crippen LogP) is 3.43. The smallest absolute Gasteiger partial charge is 0.115 e. The van der Waals surface area contributed by atoms with Crippen LogP contribution >= 0.6 is 0 Å². The lowest BCUT2D eigenvalue weighted by Gasteiger charge is -2.19. The molecule has 96 valence electrons. The van der Waals surface area contributed by atoms with E-state index in [1.807, 2.05) is 12.1 Å². The van der Waals surface area contributed by atoms with Crippen molar-refractivity contribution in [2.75, 3.05) is 0 Å². The van der Waals surface area contributed by atoms with Gasteiger partial charge in [0, 0.05) is 6.20 Å². The van der Waals surface area contributed by atoms with Gasteiger partial charge in [0.1, 0.15) is 12.2 Å². The molecule has 19 heavy (non-hydrogen) atoms. The molecule has 0 amide bonds. The van der Waals surface area contributed by atoms with Crippen LogP contribution in [0, 0.1) is 11.3 Å². The van der Waals surface area contributed by atoms with E-state index in [1.54, 1.807) is 12.3 Å². The van der Waals surface area contributed by atoms with Crippen molar-refractivity contribution in [2.24, 2.45) is 0 Å². The molecule has 0 spiro atoms. The second kappa shape index (κ2) is 5.19. The van der Waals surface area contributed by atoms with E-state index in [1.165, 1.54) is 11.9 Å². The molecule has 0 aliphatic rings. The standard InChI is InChI=1S/C16H17N3/c1-16(2,3)13-6-4-12(5-7-13)14(10-17)15-8-9-18-11-19-15/h4-9,11,14H,1-3H3. The quantitative estimate of drug-likeness (QED) is 0.821. The maximum Gasteiger partial charge on any atom is 0.115 e. The second-order valence-corrected chi connectivity index (χ2v) is 5.57. The van der Waals surface area contributed by atoms with E-state index in [-0.39, 0.29) is 11.3 Å². The average Bonchev–Trinajstić information content (AvgIpc) is 2.40. The van der Waals surface area contributed by atoms with Crippen molar-refractivity contribution in [1.29, 1.82) is 5.26 Å². The van der Waals surface area contributed by atoms with Crippen LogP contribution in [0.5, 0.6) is 0 Å². The van der Waals surface area contributed by atoms with Gasteiger partial charge in [0.15, 0.2) is 0 Å². The Morgan fingerprint density at radius 1 is 1.11 bits per heavy atom. The minimum atomic E-state index is -0.336. The van der Waals surface area contributed by atoms with Crippen LogP contribution in [0.1, 0.15) is 43.5 Å². The van der Waals surface area contributed by atoms with Crippen LogP contribution in [0.2, 0.25) is 0 Å². The molecule has 2 rings (SSSR count). The zero-order chi connectivity index (χ0) is 13.9. The second-order valence-electron chi connectivity index (χ2n) is 5.57. The van der Waals surface area contributed by atoms with Crippen molar-refractivity contribution >= 4 is 0 Å². The zero-order valence-electron chi connectivity index (χ0n) is 11.5. The molecule has 0 aliphatic carbocycles. The van der Waals surface area contributed by atoms with Gasteiger partial charge in [-0.1, -0.05) is 45.0 Å². The lowest BCUT2D eigenvalue weighted by Crippen LogP contribution is -2.11. The van der Waals surface area contributed by atoms with Gasteiger partial charge in [0.2, 0.25) is 0 Å². The molecule has 3 nitrogen and oxygen atoms in total. The molecule has 1 atom stereocenters.